The predicted molar refractivity (Wildman–Crippen MR) is 99.3 cm³/mol. The van der Waals surface area contributed by atoms with Crippen LogP contribution in [0.4, 0.5) is 0 Å². The van der Waals surface area contributed by atoms with E-state index in [1.54, 1.807) is 0 Å². The Morgan fingerprint density at radius 3 is 2.67 bits per heavy atom. The molecule has 0 saturated heterocycles. The first-order valence-electron chi connectivity index (χ1n) is 9.17. The highest BCUT2D eigenvalue weighted by Gasteiger charge is 2.19. The number of rotatable bonds is 10. The lowest BCUT2D eigenvalue weighted by Crippen LogP contribution is -2.17. The van der Waals surface area contributed by atoms with Crippen LogP contribution in [0.3, 0.4) is 0 Å². The Morgan fingerprint density at radius 2 is 1.96 bits per heavy atom. The minimum atomic E-state index is -3.03. The Bertz CT molecular complexity index is 594. The fourth-order valence-corrected chi connectivity index (χ4v) is 5.06. The van der Waals surface area contributed by atoms with Crippen LogP contribution in [0.1, 0.15) is 63.4 Å². The summed E-state index contributed by atoms with van der Waals surface area (Å²) >= 11 is 0. The maximum Gasteiger partial charge on any atom is 0.150 e. The van der Waals surface area contributed by atoms with Gasteiger partial charge in [0.1, 0.15) is 5.75 Å². The van der Waals surface area contributed by atoms with Crippen LogP contribution in [-0.4, -0.2) is 32.6 Å². The Morgan fingerprint density at radius 1 is 1.21 bits per heavy atom. The van der Waals surface area contributed by atoms with Crippen LogP contribution in [0.25, 0.3) is 0 Å². The molecule has 0 amide bonds. The molecule has 24 heavy (non-hydrogen) atoms. The van der Waals surface area contributed by atoms with Crippen molar-refractivity contribution in [3.63, 3.8) is 0 Å². The molecule has 1 fully saturated rings. The summed E-state index contributed by atoms with van der Waals surface area (Å²) in [5.41, 5.74) is 6.48. The van der Waals surface area contributed by atoms with E-state index in [9.17, 15) is 8.42 Å². The van der Waals surface area contributed by atoms with E-state index in [1.807, 2.05) is 31.2 Å². The number of benzene rings is 1. The molecule has 0 heterocycles. The number of hydrogen-bond acceptors (Lipinski definition) is 4. The van der Waals surface area contributed by atoms with Crippen molar-refractivity contribution in [3.8, 4) is 5.75 Å². The molecule has 1 aromatic rings. The molecule has 2 rings (SSSR count). The number of nitrogens with two attached hydrogens (primary N) is 1. The molecular weight excluding hydrogens is 322 g/mol. The monoisotopic (exact) mass is 353 g/mol. The molecule has 1 saturated carbocycles. The van der Waals surface area contributed by atoms with Gasteiger partial charge in [-0.2, -0.15) is 0 Å². The predicted octanol–water partition coefficient (Wildman–Crippen LogP) is 3.66. The fraction of sp³-hybridized carbons (Fsp3) is 0.684. The molecule has 0 radical (unpaired) electrons. The van der Waals surface area contributed by atoms with Crippen molar-refractivity contribution in [2.24, 2.45) is 5.73 Å². The van der Waals surface area contributed by atoms with Crippen molar-refractivity contribution in [2.75, 3.05) is 18.1 Å². The van der Waals surface area contributed by atoms with Gasteiger partial charge < -0.3 is 10.5 Å². The van der Waals surface area contributed by atoms with Crippen LogP contribution in [0, 0.1) is 0 Å². The van der Waals surface area contributed by atoms with Gasteiger partial charge in [-0.1, -0.05) is 25.5 Å². The van der Waals surface area contributed by atoms with Crippen molar-refractivity contribution in [3.05, 3.63) is 29.8 Å². The highest BCUT2D eigenvalue weighted by molar-refractivity contribution is 7.91. The largest absolute Gasteiger partial charge is 0.490 e. The van der Waals surface area contributed by atoms with Crippen LogP contribution in [0.15, 0.2) is 24.3 Å². The summed E-state index contributed by atoms with van der Waals surface area (Å²) in [4.78, 5) is 0. The molecule has 0 spiro atoms. The van der Waals surface area contributed by atoms with E-state index in [-0.39, 0.29) is 17.4 Å². The van der Waals surface area contributed by atoms with E-state index >= 15 is 0 Å². The van der Waals surface area contributed by atoms with Crippen LogP contribution in [-0.2, 0) is 9.84 Å². The van der Waals surface area contributed by atoms with E-state index in [1.165, 1.54) is 12.8 Å². The molecule has 0 aliphatic heterocycles. The summed E-state index contributed by atoms with van der Waals surface area (Å²) in [7, 11) is -3.03. The molecule has 0 bridgehead atoms. The molecule has 1 aromatic carbocycles. The van der Waals surface area contributed by atoms with Gasteiger partial charge >= 0.3 is 0 Å². The van der Waals surface area contributed by atoms with Crippen molar-refractivity contribution in [1.82, 2.24) is 0 Å². The van der Waals surface area contributed by atoms with Crippen LogP contribution >= 0.6 is 0 Å². The van der Waals surface area contributed by atoms with Crippen LogP contribution in [0.2, 0.25) is 0 Å². The van der Waals surface area contributed by atoms with Crippen LogP contribution in [0.5, 0.6) is 5.75 Å². The van der Waals surface area contributed by atoms with Gasteiger partial charge in [-0.15, -0.1) is 0 Å². The Kier molecular flexibility index (Phi) is 7.56. The molecule has 4 nitrogen and oxygen atoms in total. The molecule has 1 atom stereocenters. The SMILES string of the molecule is C[C@@H](CS(=O)(=O)CCCCCN)c1cccc(OC2CCCC2)c1. The Hall–Kier alpha value is -1.07. The van der Waals surface area contributed by atoms with E-state index < -0.39 is 9.84 Å². The Balaban J connectivity index is 1.90. The zero-order chi connectivity index (χ0) is 17.4. The average molecular weight is 354 g/mol. The highest BCUT2D eigenvalue weighted by Crippen LogP contribution is 2.27. The number of unbranched alkanes of at least 4 members (excludes halogenated alkanes) is 2. The third kappa shape index (κ3) is 6.44. The molecular formula is C19H31NO3S. The molecule has 2 N–H and O–H groups in total. The summed E-state index contributed by atoms with van der Waals surface area (Å²) in [5, 5.41) is 0. The first-order valence-corrected chi connectivity index (χ1v) is 11.0. The van der Waals surface area contributed by atoms with Gasteiger partial charge in [-0.25, -0.2) is 8.42 Å². The highest BCUT2D eigenvalue weighted by atomic mass is 32.2. The normalized spacial score (nSPS) is 17.1. The van der Waals surface area contributed by atoms with Crippen molar-refractivity contribution in [1.29, 1.82) is 0 Å². The first-order chi connectivity index (χ1) is 11.5. The summed E-state index contributed by atoms with van der Waals surface area (Å²) in [6.07, 6.45) is 7.53. The van der Waals surface area contributed by atoms with Gasteiger partial charge in [0.05, 0.1) is 17.6 Å². The second kappa shape index (κ2) is 9.42. The van der Waals surface area contributed by atoms with Gasteiger partial charge in [0.2, 0.25) is 0 Å². The standard InChI is InChI=1S/C19H31NO3S/c1-16(15-24(21,22)13-6-2-5-12-20)17-8-7-11-19(14-17)23-18-9-3-4-10-18/h7-8,11,14,16,18H,2-6,9-10,12-13,15,20H2,1H3/t16-/m0/s1. The summed E-state index contributed by atoms with van der Waals surface area (Å²) in [6.45, 7) is 2.61. The Labute approximate surface area is 146 Å². The van der Waals surface area contributed by atoms with E-state index in [0.717, 1.165) is 37.0 Å². The number of hydrogen-bond donors (Lipinski definition) is 1. The average Bonchev–Trinajstić information content (AvgIpc) is 3.04. The second-order valence-electron chi connectivity index (χ2n) is 6.96. The first kappa shape index (κ1) is 19.3. The lowest BCUT2D eigenvalue weighted by molar-refractivity contribution is 0.210. The van der Waals surface area contributed by atoms with Gasteiger partial charge in [-0.05, 0) is 68.7 Å². The fourth-order valence-electron chi connectivity index (χ4n) is 3.30. The zero-order valence-corrected chi connectivity index (χ0v) is 15.6. The number of ether oxygens (including phenoxy) is 1. The van der Waals surface area contributed by atoms with Crippen LogP contribution < -0.4 is 10.5 Å². The second-order valence-corrected chi connectivity index (χ2v) is 9.19. The van der Waals surface area contributed by atoms with Crippen molar-refractivity contribution in [2.45, 2.75) is 63.9 Å². The van der Waals surface area contributed by atoms with Gasteiger partial charge in [0.15, 0.2) is 9.84 Å². The molecule has 1 aliphatic carbocycles. The molecule has 0 unspecified atom stereocenters. The third-order valence-corrected chi connectivity index (χ3v) is 6.61. The topological polar surface area (TPSA) is 69.4 Å². The number of sulfone groups is 1. The van der Waals surface area contributed by atoms with E-state index in [2.05, 4.69) is 0 Å². The quantitative estimate of drug-likeness (QED) is 0.652. The molecule has 1 aliphatic rings. The summed E-state index contributed by atoms with van der Waals surface area (Å²) < 4.78 is 30.6. The van der Waals surface area contributed by atoms with Gasteiger partial charge in [-0.3, -0.25) is 0 Å². The van der Waals surface area contributed by atoms with E-state index in [0.29, 0.717) is 19.1 Å². The zero-order valence-electron chi connectivity index (χ0n) is 14.7. The summed E-state index contributed by atoms with van der Waals surface area (Å²) in [5.74, 6) is 1.31. The molecule has 0 aromatic heterocycles. The van der Waals surface area contributed by atoms with Crippen molar-refractivity contribution >= 4 is 9.84 Å². The molecule has 5 heteroatoms. The maximum absolute atomic E-state index is 12.3. The minimum absolute atomic E-state index is 0.0170. The lowest BCUT2D eigenvalue weighted by atomic mass is 10.0. The van der Waals surface area contributed by atoms with Crippen molar-refractivity contribution < 1.29 is 13.2 Å². The van der Waals surface area contributed by atoms with Gasteiger partial charge in [0.25, 0.3) is 0 Å². The third-order valence-electron chi connectivity index (χ3n) is 4.70. The van der Waals surface area contributed by atoms with Gasteiger partial charge in [0, 0.05) is 0 Å². The molecule has 136 valence electrons. The minimum Gasteiger partial charge on any atom is -0.490 e. The smallest absolute Gasteiger partial charge is 0.150 e. The maximum atomic E-state index is 12.3. The summed E-state index contributed by atoms with van der Waals surface area (Å²) in [6, 6.07) is 7.93. The lowest BCUT2D eigenvalue weighted by Gasteiger charge is -2.16. The van der Waals surface area contributed by atoms with E-state index in [4.69, 9.17) is 10.5 Å².